The van der Waals surface area contributed by atoms with E-state index in [1.165, 1.54) is 37.8 Å². The highest BCUT2D eigenvalue weighted by atomic mass is 35.5. The lowest BCUT2D eigenvalue weighted by Crippen LogP contribution is -2.46. The van der Waals surface area contributed by atoms with Gasteiger partial charge in [0, 0.05) is 43.1 Å². The molecule has 1 saturated carbocycles. The van der Waals surface area contributed by atoms with E-state index < -0.39 is 0 Å². The molecule has 2 saturated heterocycles. The second-order valence-electron chi connectivity index (χ2n) is 9.51. The number of halogens is 2. The number of piperidine rings is 2. The number of hydrogen-bond acceptors (Lipinski definition) is 4. The molecule has 3 aliphatic heterocycles. The van der Waals surface area contributed by atoms with Gasteiger partial charge in [0.05, 0.1) is 5.56 Å². The van der Waals surface area contributed by atoms with Gasteiger partial charge < -0.3 is 19.8 Å². The van der Waals surface area contributed by atoms with Crippen LogP contribution in [0.15, 0.2) is 29.3 Å². The molecule has 6 rings (SSSR count). The van der Waals surface area contributed by atoms with Gasteiger partial charge in [-0.25, -0.2) is 4.98 Å². The van der Waals surface area contributed by atoms with Crippen LogP contribution in [-0.2, 0) is 6.54 Å². The van der Waals surface area contributed by atoms with E-state index in [1.54, 1.807) is 0 Å². The first-order chi connectivity index (χ1) is 13.7. The monoisotopic (exact) mass is 451 g/mol. The Balaban J connectivity index is 0.00000109. The van der Waals surface area contributed by atoms with Crippen LogP contribution in [0.25, 0.3) is 11.4 Å². The van der Waals surface area contributed by atoms with Crippen molar-refractivity contribution in [3.63, 3.8) is 0 Å². The van der Waals surface area contributed by atoms with Gasteiger partial charge >= 0.3 is 0 Å². The van der Waals surface area contributed by atoms with Gasteiger partial charge in [0.2, 0.25) is 0 Å². The van der Waals surface area contributed by atoms with Gasteiger partial charge in [0.15, 0.2) is 0 Å². The van der Waals surface area contributed by atoms with Crippen LogP contribution in [0.1, 0.15) is 49.8 Å². The Labute approximate surface area is 189 Å². The molecular formula is C22H31Cl2N5O. The molecule has 2 aromatic heterocycles. The zero-order valence-electron chi connectivity index (χ0n) is 17.2. The van der Waals surface area contributed by atoms with Gasteiger partial charge in [0.1, 0.15) is 5.82 Å². The second kappa shape index (κ2) is 8.30. The van der Waals surface area contributed by atoms with Crippen LogP contribution in [0, 0.1) is 11.3 Å². The molecule has 1 spiro atoms. The number of hydrogen-bond donors (Lipinski definition) is 2. The highest BCUT2D eigenvalue weighted by molar-refractivity contribution is 5.85. The summed E-state index contributed by atoms with van der Waals surface area (Å²) in [6.07, 6.45) is 10.2. The lowest BCUT2D eigenvalue weighted by atomic mass is 9.60. The first-order valence-corrected chi connectivity index (χ1v) is 10.9. The fourth-order valence-corrected chi connectivity index (χ4v) is 6.28. The summed E-state index contributed by atoms with van der Waals surface area (Å²) < 4.78 is 4.32. The molecule has 3 fully saturated rings. The maximum Gasteiger partial charge on any atom is 0.261 e. The van der Waals surface area contributed by atoms with Crippen LogP contribution in [0.3, 0.4) is 0 Å². The van der Waals surface area contributed by atoms with Crippen molar-refractivity contribution in [2.24, 2.45) is 11.3 Å². The lowest BCUT2D eigenvalue weighted by Gasteiger charge is -2.51. The van der Waals surface area contributed by atoms with Crippen LogP contribution in [0.5, 0.6) is 0 Å². The van der Waals surface area contributed by atoms with Gasteiger partial charge in [-0.3, -0.25) is 4.79 Å². The number of rotatable bonds is 2. The van der Waals surface area contributed by atoms with Gasteiger partial charge in [-0.2, -0.15) is 0 Å². The third kappa shape index (κ3) is 3.42. The smallest absolute Gasteiger partial charge is 0.261 e. The molecule has 4 aliphatic rings. The molecule has 1 aliphatic carbocycles. The van der Waals surface area contributed by atoms with Crippen LogP contribution in [0.2, 0.25) is 0 Å². The van der Waals surface area contributed by atoms with Crippen molar-refractivity contribution in [1.29, 1.82) is 0 Å². The molecule has 2 aromatic rings. The maximum atomic E-state index is 13.4. The standard InChI is InChI=1S/C22H29N5O.2ClH/c28-21-18(1-2-19-16-9-15(12-24-13-16)14-27(19)21)20-25-7-8-26(20)17-10-22(11-17)3-5-23-6-4-22;;/h1-2,7-8,15-17,23-24H,3-6,9-14H2;2*1H/t15-,16+;;/m0../s1. The molecule has 0 unspecified atom stereocenters. The Kier molecular flexibility index (Phi) is 6.05. The minimum absolute atomic E-state index is 0. The molecular weight excluding hydrogens is 421 g/mol. The summed E-state index contributed by atoms with van der Waals surface area (Å²) in [5, 5.41) is 7.00. The molecule has 30 heavy (non-hydrogen) atoms. The van der Waals surface area contributed by atoms with E-state index in [0.717, 1.165) is 44.1 Å². The largest absolute Gasteiger partial charge is 0.328 e. The Morgan fingerprint density at radius 3 is 2.67 bits per heavy atom. The van der Waals surface area contributed by atoms with Crippen molar-refractivity contribution < 1.29 is 0 Å². The third-order valence-corrected chi connectivity index (χ3v) is 7.81. The van der Waals surface area contributed by atoms with E-state index in [1.807, 2.05) is 16.8 Å². The second-order valence-corrected chi connectivity index (χ2v) is 9.51. The first kappa shape index (κ1) is 21.9. The molecule has 5 heterocycles. The van der Waals surface area contributed by atoms with Crippen molar-refractivity contribution in [3.8, 4) is 11.4 Å². The summed E-state index contributed by atoms with van der Waals surface area (Å²) in [6, 6.07) is 4.69. The number of pyridine rings is 1. The van der Waals surface area contributed by atoms with Crippen LogP contribution < -0.4 is 16.2 Å². The van der Waals surface area contributed by atoms with E-state index in [2.05, 4.69) is 32.4 Å². The summed E-state index contributed by atoms with van der Waals surface area (Å²) in [7, 11) is 0. The Morgan fingerprint density at radius 2 is 1.87 bits per heavy atom. The Hall–Kier alpha value is -1.34. The summed E-state index contributed by atoms with van der Waals surface area (Å²) in [4.78, 5) is 18.0. The summed E-state index contributed by atoms with van der Waals surface area (Å²) >= 11 is 0. The predicted octanol–water partition coefficient (Wildman–Crippen LogP) is 2.97. The molecule has 164 valence electrons. The van der Waals surface area contributed by atoms with Crippen LogP contribution in [0.4, 0.5) is 0 Å². The molecule has 2 N–H and O–H groups in total. The van der Waals surface area contributed by atoms with Crippen LogP contribution >= 0.6 is 24.8 Å². The minimum atomic E-state index is 0. The van der Waals surface area contributed by atoms with Gasteiger partial charge in [0.25, 0.3) is 5.56 Å². The molecule has 2 atom stereocenters. The zero-order chi connectivity index (χ0) is 18.7. The highest BCUT2D eigenvalue weighted by Crippen LogP contribution is 2.54. The van der Waals surface area contributed by atoms with Crippen molar-refractivity contribution in [2.45, 2.75) is 50.6 Å². The Morgan fingerprint density at radius 1 is 1.07 bits per heavy atom. The molecule has 0 amide bonds. The molecule has 6 nitrogen and oxygen atoms in total. The predicted molar refractivity (Wildman–Crippen MR) is 123 cm³/mol. The summed E-state index contributed by atoms with van der Waals surface area (Å²) in [6.45, 7) is 5.15. The maximum absolute atomic E-state index is 13.4. The first-order valence-electron chi connectivity index (χ1n) is 10.9. The zero-order valence-corrected chi connectivity index (χ0v) is 18.8. The van der Waals surface area contributed by atoms with Gasteiger partial charge in [-0.1, -0.05) is 0 Å². The number of aromatic nitrogens is 3. The van der Waals surface area contributed by atoms with E-state index in [9.17, 15) is 4.79 Å². The highest BCUT2D eigenvalue weighted by Gasteiger charge is 2.45. The third-order valence-electron chi connectivity index (χ3n) is 7.81. The Bertz CT molecular complexity index is 957. The van der Waals surface area contributed by atoms with E-state index in [0.29, 0.717) is 23.3 Å². The van der Waals surface area contributed by atoms with Gasteiger partial charge in [-0.15, -0.1) is 24.8 Å². The molecule has 8 heteroatoms. The fourth-order valence-electron chi connectivity index (χ4n) is 6.28. The van der Waals surface area contributed by atoms with Gasteiger partial charge in [-0.05, 0) is 75.2 Å². The van der Waals surface area contributed by atoms with E-state index in [4.69, 9.17) is 0 Å². The fraction of sp³-hybridized carbons (Fsp3) is 0.636. The van der Waals surface area contributed by atoms with Crippen molar-refractivity contribution in [3.05, 3.63) is 40.6 Å². The molecule has 0 aromatic carbocycles. The summed E-state index contributed by atoms with van der Waals surface area (Å²) in [5.41, 5.74) is 2.64. The topological polar surface area (TPSA) is 63.9 Å². The lowest BCUT2D eigenvalue weighted by molar-refractivity contribution is 0.0296. The molecule has 2 bridgehead atoms. The number of fused-ring (bicyclic) bond motifs is 4. The van der Waals surface area contributed by atoms with E-state index in [-0.39, 0.29) is 30.4 Å². The minimum Gasteiger partial charge on any atom is -0.328 e. The van der Waals surface area contributed by atoms with Crippen LogP contribution in [-0.4, -0.2) is 40.3 Å². The average Bonchev–Trinajstić information content (AvgIpc) is 3.17. The summed E-state index contributed by atoms with van der Waals surface area (Å²) in [5.74, 6) is 1.91. The average molecular weight is 452 g/mol. The van der Waals surface area contributed by atoms with Crippen molar-refractivity contribution in [2.75, 3.05) is 26.2 Å². The van der Waals surface area contributed by atoms with E-state index >= 15 is 0 Å². The number of nitrogens with one attached hydrogen (secondary N) is 2. The van der Waals surface area contributed by atoms with Crippen molar-refractivity contribution in [1.82, 2.24) is 24.8 Å². The normalized spacial score (nSPS) is 26.8. The molecule has 0 radical (unpaired) electrons. The quantitative estimate of drug-likeness (QED) is 0.736. The number of nitrogens with zero attached hydrogens (tertiary/aromatic N) is 3. The van der Waals surface area contributed by atoms with Crippen molar-refractivity contribution >= 4 is 24.8 Å². The number of imidazole rings is 1. The SMILES string of the molecule is Cl.Cl.O=c1c(-c2nccn2C2CC3(CCNCC3)C2)ccc2n1C[C@@H]1CNC[C@H]2C1.